The van der Waals surface area contributed by atoms with Crippen molar-refractivity contribution in [3.63, 3.8) is 0 Å². The van der Waals surface area contributed by atoms with E-state index in [9.17, 15) is 4.79 Å². The van der Waals surface area contributed by atoms with Crippen LogP contribution in [0.25, 0.3) is 0 Å². The predicted octanol–water partition coefficient (Wildman–Crippen LogP) is 2.57. The summed E-state index contributed by atoms with van der Waals surface area (Å²) >= 11 is 0. The third-order valence-electron chi connectivity index (χ3n) is 3.42. The summed E-state index contributed by atoms with van der Waals surface area (Å²) in [5, 5.41) is 0.233. The van der Waals surface area contributed by atoms with Gasteiger partial charge in [0.15, 0.2) is 8.32 Å². The summed E-state index contributed by atoms with van der Waals surface area (Å²) in [7, 11) is -1.66. The molecule has 0 bridgehead atoms. The summed E-state index contributed by atoms with van der Waals surface area (Å²) in [5.41, 5.74) is 0. The van der Waals surface area contributed by atoms with Crippen molar-refractivity contribution in [3.8, 4) is 0 Å². The molecule has 1 rings (SSSR count). The van der Waals surface area contributed by atoms with Gasteiger partial charge in [-0.3, -0.25) is 4.79 Å². The second-order valence-electron chi connectivity index (χ2n) is 5.82. The number of hydrogen-bond acceptors (Lipinski definition) is 3. The average Bonchev–Trinajstić information content (AvgIpc) is 2.46. The number of carbonyl (C=O) groups is 1. The van der Waals surface area contributed by atoms with Gasteiger partial charge in [0.25, 0.3) is 0 Å². The van der Waals surface area contributed by atoms with E-state index in [0.717, 1.165) is 0 Å². The Balaban J connectivity index is 2.40. The summed E-state index contributed by atoms with van der Waals surface area (Å²) in [4.78, 5) is 10.9. The van der Waals surface area contributed by atoms with Gasteiger partial charge in [0.2, 0.25) is 0 Å². The van der Waals surface area contributed by atoms with Gasteiger partial charge >= 0.3 is 5.97 Å². The predicted molar refractivity (Wildman–Crippen MR) is 62.2 cm³/mol. The lowest BCUT2D eigenvalue weighted by molar-refractivity contribution is -0.137. The van der Waals surface area contributed by atoms with Crippen LogP contribution < -0.4 is 0 Å². The Labute approximate surface area is 93.3 Å². The SMILES string of the molecule is CC(C)(C)[Si](C)(C)OCC1COC(=O)C1. The molecule has 0 spiro atoms. The quantitative estimate of drug-likeness (QED) is 0.552. The van der Waals surface area contributed by atoms with E-state index in [1.165, 1.54) is 0 Å². The Bertz CT molecular complexity index is 243. The molecule has 1 atom stereocenters. The minimum absolute atomic E-state index is 0.0844. The third-order valence-corrected chi connectivity index (χ3v) is 7.92. The molecule has 1 fully saturated rings. The van der Waals surface area contributed by atoms with E-state index in [1.54, 1.807) is 0 Å². The van der Waals surface area contributed by atoms with Gasteiger partial charge in [0, 0.05) is 12.5 Å². The number of rotatable bonds is 3. The molecule has 0 aromatic rings. The fourth-order valence-corrected chi connectivity index (χ4v) is 2.30. The number of ether oxygens (including phenoxy) is 1. The first-order valence-electron chi connectivity index (χ1n) is 5.52. The highest BCUT2D eigenvalue weighted by Gasteiger charge is 2.38. The van der Waals surface area contributed by atoms with Gasteiger partial charge in [-0.25, -0.2) is 0 Å². The number of cyclic esters (lactones) is 1. The van der Waals surface area contributed by atoms with E-state index in [2.05, 4.69) is 33.9 Å². The Kier molecular flexibility index (Phi) is 3.61. The molecule has 1 aliphatic heterocycles. The summed E-state index contributed by atoms with van der Waals surface area (Å²) in [5.74, 6) is 0.186. The molecule has 1 aliphatic rings. The molecule has 4 heteroatoms. The number of esters is 1. The van der Waals surface area contributed by atoms with Crippen LogP contribution in [0.5, 0.6) is 0 Å². The van der Waals surface area contributed by atoms with Crippen LogP contribution in [-0.2, 0) is 14.0 Å². The lowest BCUT2D eigenvalue weighted by atomic mass is 10.1. The first kappa shape index (κ1) is 12.7. The molecule has 3 nitrogen and oxygen atoms in total. The summed E-state index contributed by atoms with van der Waals surface area (Å²) in [6, 6.07) is 0. The van der Waals surface area contributed by atoms with Crippen LogP contribution in [0.4, 0.5) is 0 Å². The van der Waals surface area contributed by atoms with Crippen LogP contribution in [0.15, 0.2) is 0 Å². The smallest absolute Gasteiger partial charge is 0.306 e. The van der Waals surface area contributed by atoms with Crippen molar-refractivity contribution < 1.29 is 14.0 Å². The van der Waals surface area contributed by atoms with Gasteiger partial charge in [-0.15, -0.1) is 0 Å². The Morgan fingerprint density at radius 1 is 1.47 bits per heavy atom. The molecule has 1 heterocycles. The minimum Gasteiger partial charge on any atom is -0.465 e. The fourth-order valence-electron chi connectivity index (χ4n) is 1.21. The molecule has 0 radical (unpaired) electrons. The zero-order chi connectivity index (χ0) is 11.7. The van der Waals surface area contributed by atoms with Gasteiger partial charge in [0.05, 0.1) is 13.0 Å². The second-order valence-corrected chi connectivity index (χ2v) is 10.6. The van der Waals surface area contributed by atoms with Crippen LogP contribution in [0, 0.1) is 5.92 Å². The maximum absolute atomic E-state index is 10.9. The molecule has 0 N–H and O–H groups in total. The highest BCUT2D eigenvalue weighted by Crippen LogP contribution is 2.37. The zero-order valence-corrected chi connectivity index (χ0v) is 11.4. The molecule has 1 saturated heterocycles. The first-order chi connectivity index (χ1) is 6.72. The Morgan fingerprint density at radius 2 is 2.07 bits per heavy atom. The molecule has 0 saturated carbocycles. The summed E-state index contributed by atoms with van der Waals surface area (Å²) in [6.45, 7) is 12.3. The normalized spacial score (nSPS) is 23.0. The van der Waals surface area contributed by atoms with Gasteiger partial charge < -0.3 is 9.16 Å². The van der Waals surface area contributed by atoms with Crippen molar-refractivity contribution in [1.29, 1.82) is 0 Å². The molecular formula is C11H22O3Si. The maximum Gasteiger partial charge on any atom is 0.306 e. The molecule has 1 unspecified atom stereocenters. The van der Waals surface area contributed by atoms with Crippen molar-refractivity contribution in [2.45, 2.75) is 45.3 Å². The van der Waals surface area contributed by atoms with Crippen LogP contribution in [0.1, 0.15) is 27.2 Å². The number of hydrogen-bond donors (Lipinski definition) is 0. The van der Waals surface area contributed by atoms with Crippen molar-refractivity contribution in [2.75, 3.05) is 13.2 Å². The summed E-state index contributed by atoms with van der Waals surface area (Å²) < 4.78 is 10.9. The molecule has 0 aromatic heterocycles. The fraction of sp³-hybridized carbons (Fsp3) is 0.909. The van der Waals surface area contributed by atoms with Gasteiger partial charge in [-0.1, -0.05) is 20.8 Å². The van der Waals surface area contributed by atoms with Crippen LogP contribution >= 0.6 is 0 Å². The van der Waals surface area contributed by atoms with Crippen LogP contribution in [0.3, 0.4) is 0 Å². The topological polar surface area (TPSA) is 35.5 Å². The molecule has 88 valence electrons. The summed E-state index contributed by atoms with van der Waals surface area (Å²) in [6.07, 6.45) is 0.522. The van der Waals surface area contributed by atoms with E-state index >= 15 is 0 Å². The molecule has 0 amide bonds. The lowest BCUT2D eigenvalue weighted by Gasteiger charge is -2.36. The van der Waals surface area contributed by atoms with Gasteiger partial charge in [0.1, 0.15) is 0 Å². The average molecular weight is 230 g/mol. The van der Waals surface area contributed by atoms with Crippen LogP contribution in [-0.4, -0.2) is 27.5 Å². The van der Waals surface area contributed by atoms with E-state index in [0.29, 0.717) is 19.6 Å². The van der Waals surface area contributed by atoms with Crippen LogP contribution in [0.2, 0.25) is 18.1 Å². The number of carbonyl (C=O) groups excluding carboxylic acids is 1. The van der Waals surface area contributed by atoms with Crippen molar-refractivity contribution in [3.05, 3.63) is 0 Å². The monoisotopic (exact) mass is 230 g/mol. The standard InChI is InChI=1S/C11H22O3Si/c1-11(2,3)15(4,5)14-8-9-6-10(12)13-7-9/h9H,6-8H2,1-5H3. The molecule has 0 aromatic carbocycles. The highest BCUT2D eigenvalue weighted by atomic mass is 28.4. The first-order valence-corrected chi connectivity index (χ1v) is 8.43. The minimum atomic E-state index is -1.66. The maximum atomic E-state index is 10.9. The second kappa shape index (κ2) is 4.26. The lowest BCUT2D eigenvalue weighted by Crippen LogP contribution is -2.42. The van der Waals surface area contributed by atoms with Gasteiger partial charge in [-0.2, -0.15) is 0 Å². The van der Waals surface area contributed by atoms with Crippen molar-refractivity contribution in [2.24, 2.45) is 5.92 Å². The Morgan fingerprint density at radius 3 is 2.47 bits per heavy atom. The van der Waals surface area contributed by atoms with E-state index in [4.69, 9.17) is 9.16 Å². The van der Waals surface area contributed by atoms with E-state index in [-0.39, 0.29) is 16.9 Å². The highest BCUT2D eigenvalue weighted by molar-refractivity contribution is 6.74. The van der Waals surface area contributed by atoms with E-state index in [1.807, 2.05) is 0 Å². The zero-order valence-electron chi connectivity index (χ0n) is 10.4. The molecular weight excluding hydrogens is 208 g/mol. The third kappa shape index (κ3) is 3.31. The van der Waals surface area contributed by atoms with Crippen molar-refractivity contribution >= 4 is 14.3 Å². The largest absolute Gasteiger partial charge is 0.465 e. The Hall–Kier alpha value is -0.353. The van der Waals surface area contributed by atoms with Gasteiger partial charge in [-0.05, 0) is 18.1 Å². The molecule has 15 heavy (non-hydrogen) atoms. The van der Waals surface area contributed by atoms with E-state index < -0.39 is 8.32 Å². The molecule has 0 aliphatic carbocycles. The van der Waals surface area contributed by atoms with Crippen molar-refractivity contribution in [1.82, 2.24) is 0 Å².